The normalized spacial score (nSPS) is 16.1. The molecule has 0 aliphatic rings. The second-order valence-corrected chi connectivity index (χ2v) is 4.66. The molecule has 4 heteroatoms. The molecule has 0 aromatic rings. The Morgan fingerprint density at radius 3 is 2.00 bits per heavy atom. The molecule has 0 spiro atoms. The molecule has 0 fully saturated rings. The van der Waals surface area contributed by atoms with Crippen molar-refractivity contribution in [2.75, 3.05) is 0 Å². The average molecular weight is 202 g/mol. The van der Waals surface area contributed by atoms with Gasteiger partial charge in [0, 0.05) is 11.6 Å². The van der Waals surface area contributed by atoms with Crippen molar-refractivity contribution in [3.63, 3.8) is 0 Å². The lowest BCUT2D eigenvalue weighted by molar-refractivity contribution is 0.0615. The monoisotopic (exact) mass is 202 g/mol. The summed E-state index contributed by atoms with van der Waals surface area (Å²) in [5, 5.41) is 9.13. The highest BCUT2D eigenvalue weighted by Crippen LogP contribution is 2.20. The van der Waals surface area contributed by atoms with Crippen LogP contribution >= 0.6 is 0 Å². The van der Waals surface area contributed by atoms with Gasteiger partial charge in [-0.05, 0) is 34.1 Å². The van der Waals surface area contributed by atoms with Crippen LogP contribution in [0.3, 0.4) is 0 Å². The average Bonchev–Trinajstić information content (AvgIpc) is 1.95. The summed E-state index contributed by atoms with van der Waals surface area (Å²) in [6.45, 7) is 9.44. The third-order valence-corrected chi connectivity index (χ3v) is 2.29. The van der Waals surface area contributed by atoms with Crippen LogP contribution in [0.25, 0.3) is 0 Å². The molecule has 0 bridgehead atoms. The van der Waals surface area contributed by atoms with E-state index in [9.17, 15) is 4.79 Å². The molecule has 4 nitrogen and oxygen atoms in total. The lowest BCUT2D eigenvalue weighted by Crippen LogP contribution is -2.56. The molecule has 1 amide bonds. The lowest BCUT2D eigenvalue weighted by atomic mass is 9.98. The van der Waals surface area contributed by atoms with Crippen LogP contribution < -0.4 is 5.73 Å². The first-order valence-corrected chi connectivity index (χ1v) is 4.99. The van der Waals surface area contributed by atoms with Crippen molar-refractivity contribution < 1.29 is 9.90 Å². The van der Waals surface area contributed by atoms with Crippen molar-refractivity contribution in [2.45, 2.75) is 58.7 Å². The topological polar surface area (TPSA) is 66.6 Å². The van der Waals surface area contributed by atoms with Crippen molar-refractivity contribution in [2.24, 2.45) is 5.73 Å². The predicted molar refractivity (Wildman–Crippen MR) is 57.3 cm³/mol. The molecule has 3 N–H and O–H groups in total. The summed E-state index contributed by atoms with van der Waals surface area (Å²) < 4.78 is 0. The van der Waals surface area contributed by atoms with Gasteiger partial charge in [0.1, 0.15) is 0 Å². The van der Waals surface area contributed by atoms with Gasteiger partial charge in [-0.2, -0.15) is 0 Å². The van der Waals surface area contributed by atoms with Crippen molar-refractivity contribution in [3.8, 4) is 0 Å². The number of carbonyl (C=O) groups is 1. The SMILES string of the molecule is CC[C@@H]([C@@H](C)N)N(C(=O)O)C(C)(C)C. The summed E-state index contributed by atoms with van der Waals surface area (Å²) in [6.07, 6.45) is -0.164. The Labute approximate surface area is 86.1 Å². The molecule has 2 atom stereocenters. The summed E-state index contributed by atoms with van der Waals surface area (Å²) in [4.78, 5) is 12.6. The number of hydrogen-bond donors (Lipinski definition) is 2. The largest absolute Gasteiger partial charge is 0.465 e. The van der Waals surface area contributed by atoms with E-state index in [-0.39, 0.29) is 12.1 Å². The third kappa shape index (κ3) is 3.18. The van der Waals surface area contributed by atoms with Crippen molar-refractivity contribution >= 4 is 6.09 Å². The molecule has 0 saturated carbocycles. The van der Waals surface area contributed by atoms with Gasteiger partial charge in [0.05, 0.1) is 6.04 Å². The maximum Gasteiger partial charge on any atom is 0.408 e. The second-order valence-electron chi connectivity index (χ2n) is 4.66. The molecule has 0 saturated heterocycles. The van der Waals surface area contributed by atoms with Crippen LogP contribution in [-0.2, 0) is 0 Å². The fraction of sp³-hybridized carbons (Fsp3) is 0.900. The maximum absolute atomic E-state index is 11.1. The van der Waals surface area contributed by atoms with Gasteiger partial charge in [-0.3, -0.25) is 4.90 Å². The van der Waals surface area contributed by atoms with Crippen LogP contribution in [-0.4, -0.2) is 33.7 Å². The fourth-order valence-corrected chi connectivity index (χ4v) is 1.72. The van der Waals surface area contributed by atoms with Crippen LogP contribution in [0.1, 0.15) is 41.0 Å². The van der Waals surface area contributed by atoms with Crippen molar-refractivity contribution in [1.29, 1.82) is 0 Å². The smallest absolute Gasteiger partial charge is 0.408 e. The number of nitrogens with zero attached hydrogens (tertiary/aromatic N) is 1. The Hall–Kier alpha value is -0.770. The number of carboxylic acid groups (broad SMARTS) is 1. The molecular weight excluding hydrogens is 180 g/mol. The molecule has 0 aliphatic carbocycles. The Morgan fingerprint density at radius 2 is 1.93 bits per heavy atom. The summed E-state index contributed by atoms with van der Waals surface area (Å²) in [5.74, 6) is 0. The molecule has 84 valence electrons. The molecular formula is C10H22N2O2. The van der Waals surface area contributed by atoms with Gasteiger partial charge in [-0.25, -0.2) is 4.79 Å². The standard InChI is InChI=1S/C10H22N2O2/c1-6-8(7(2)11)12(9(13)14)10(3,4)5/h7-8H,6,11H2,1-5H3,(H,13,14)/t7-,8+/m1/s1. The first-order chi connectivity index (χ1) is 6.21. The van der Waals surface area contributed by atoms with Crippen molar-refractivity contribution in [3.05, 3.63) is 0 Å². The van der Waals surface area contributed by atoms with Gasteiger partial charge in [0.25, 0.3) is 0 Å². The minimum absolute atomic E-state index is 0.118. The highest BCUT2D eigenvalue weighted by atomic mass is 16.4. The number of amides is 1. The minimum atomic E-state index is -0.901. The Morgan fingerprint density at radius 1 is 1.50 bits per heavy atom. The van der Waals surface area contributed by atoms with Gasteiger partial charge in [-0.15, -0.1) is 0 Å². The highest BCUT2D eigenvalue weighted by Gasteiger charge is 2.33. The molecule has 0 aliphatic heterocycles. The van der Waals surface area contributed by atoms with E-state index in [0.29, 0.717) is 0 Å². The van der Waals surface area contributed by atoms with E-state index in [1.165, 1.54) is 4.90 Å². The fourth-order valence-electron chi connectivity index (χ4n) is 1.72. The van der Waals surface area contributed by atoms with Crippen molar-refractivity contribution in [1.82, 2.24) is 4.90 Å². The molecule has 0 radical (unpaired) electrons. The van der Waals surface area contributed by atoms with Crippen LogP contribution in [0, 0.1) is 0 Å². The highest BCUT2D eigenvalue weighted by molar-refractivity contribution is 5.66. The summed E-state index contributed by atoms with van der Waals surface area (Å²) >= 11 is 0. The first-order valence-electron chi connectivity index (χ1n) is 4.99. The third-order valence-electron chi connectivity index (χ3n) is 2.29. The van der Waals surface area contributed by atoms with Gasteiger partial charge in [0.2, 0.25) is 0 Å². The first kappa shape index (κ1) is 13.2. The number of hydrogen-bond acceptors (Lipinski definition) is 2. The maximum atomic E-state index is 11.1. The summed E-state index contributed by atoms with van der Waals surface area (Å²) in [7, 11) is 0. The molecule has 0 heterocycles. The summed E-state index contributed by atoms with van der Waals surface area (Å²) in [6, 6.07) is -0.261. The number of rotatable bonds is 3. The molecule has 0 aromatic carbocycles. The Balaban J connectivity index is 4.89. The summed E-state index contributed by atoms with van der Waals surface area (Å²) in [5.41, 5.74) is 5.37. The van der Waals surface area contributed by atoms with Crippen LogP contribution in [0.4, 0.5) is 4.79 Å². The predicted octanol–water partition coefficient (Wildman–Crippen LogP) is 1.89. The van der Waals surface area contributed by atoms with Crippen LogP contribution in [0.15, 0.2) is 0 Å². The van der Waals surface area contributed by atoms with Gasteiger partial charge in [0.15, 0.2) is 0 Å². The Kier molecular flexibility index (Phi) is 4.39. The quantitative estimate of drug-likeness (QED) is 0.734. The zero-order valence-corrected chi connectivity index (χ0v) is 9.74. The molecule has 0 aromatic heterocycles. The van der Waals surface area contributed by atoms with E-state index >= 15 is 0 Å². The molecule has 0 unspecified atom stereocenters. The van der Waals surface area contributed by atoms with E-state index in [4.69, 9.17) is 10.8 Å². The lowest BCUT2D eigenvalue weighted by Gasteiger charge is -2.41. The van der Waals surface area contributed by atoms with E-state index in [0.717, 1.165) is 6.42 Å². The van der Waals surface area contributed by atoms with E-state index in [2.05, 4.69) is 0 Å². The van der Waals surface area contributed by atoms with Crippen LogP contribution in [0.2, 0.25) is 0 Å². The number of nitrogens with two attached hydrogens (primary N) is 1. The molecule has 0 rings (SSSR count). The van der Waals surface area contributed by atoms with E-state index < -0.39 is 11.6 Å². The van der Waals surface area contributed by atoms with Gasteiger partial charge in [-0.1, -0.05) is 6.92 Å². The van der Waals surface area contributed by atoms with Gasteiger partial charge < -0.3 is 10.8 Å². The molecule has 14 heavy (non-hydrogen) atoms. The zero-order chi connectivity index (χ0) is 11.5. The van der Waals surface area contributed by atoms with E-state index in [1.807, 2.05) is 34.6 Å². The van der Waals surface area contributed by atoms with Gasteiger partial charge >= 0.3 is 6.09 Å². The zero-order valence-electron chi connectivity index (χ0n) is 9.74. The Bertz CT molecular complexity index is 197. The van der Waals surface area contributed by atoms with Crippen LogP contribution in [0.5, 0.6) is 0 Å². The van der Waals surface area contributed by atoms with E-state index in [1.54, 1.807) is 0 Å². The second kappa shape index (κ2) is 4.64. The minimum Gasteiger partial charge on any atom is -0.465 e.